The van der Waals surface area contributed by atoms with Crippen molar-refractivity contribution in [2.75, 3.05) is 5.73 Å². The molecular formula is C13H16N2. The number of benzene rings is 1. The molecule has 0 aliphatic carbocycles. The lowest BCUT2D eigenvalue weighted by molar-refractivity contribution is 0.793. The van der Waals surface area contributed by atoms with Gasteiger partial charge in [-0.2, -0.15) is 0 Å². The Morgan fingerprint density at radius 3 is 3.00 bits per heavy atom. The molecule has 0 bridgehead atoms. The normalized spacial score (nSPS) is 10.7. The summed E-state index contributed by atoms with van der Waals surface area (Å²) >= 11 is 0. The first kappa shape index (κ1) is 9.97. The molecule has 15 heavy (non-hydrogen) atoms. The molecule has 0 aliphatic heterocycles. The van der Waals surface area contributed by atoms with Crippen LogP contribution in [-0.4, -0.2) is 4.98 Å². The largest absolute Gasteiger partial charge is 0.398 e. The van der Waals surface area contributed by atoms with E-state index < -0.39 is 0 Å². The van der Waals surface area contributed by atoms with Crippen LogP contribution in [0.4, 0.5) is 5.69 Å². The molecule has 78 valence electrons. The first-order valence-electron chi connectivity index (χ1n) is 5.44. The summed E-state index contributed by atoms with van der Waals surface area (Å²) in [6, 6.07) is 8.02. The van der Waals surface area contributed by atoms with Crippen molar-refractivity contribution >= 4 is 16.6 Å². The van der Waals surface area contributed by atoms with E-state index in [4.69, 9.17) is 5.73 Å². The molecule has 2 nitrogen and oxygen atoms in total. The number of nitrogens with zero attached hydrogens (tertiary/aromatic N) is 1. The minimum atomic E-state index is 0.818. The Hall–Kier alpha value is -1.57. The lowest BCUT2D eigenvalue weighted by Gasteiger charge is -2.04. The second kappa shape index (κ2) is 4.30. The molecule has 0 unspecified atom stereocenters. The highest BCUT2D eigenvalue weighted by Crippen LogP contribution is 2.20. The third-order valence-electron chi connectivity index (χ3n) is 2.64. The van der Waals surface area contributed by atoms with Crippen LogP contribution in [0.5, 0.6) is 0 Å². The third-order valence-corrected chi connectivity index (χ3v) is 2.64. The number of hydrogen-bond donors (Lipinski definition) is 1. The lowest BCUT2D eigenvalue weighted by atomic mass is 10.1. The van der Waals surface area contributed by atoms with Gasteiger partial charge in [0, 0.05) is 17.3 Å². The van der Waals surface area contributed by atoms with Crippen LogP contribution in [0.3, 0.4) is 0 Å². The fourth-order valence-corrected chi connectivity index (χ4v) is 1.73. The highest BCUT2D eigenvalue weighted by atomic mass is 14.7. The maximum absolute atomic E-state index is 5.91. The SMILES string of the molecule is CCCCc1cnc2cccc(N)c2c1. The smallest absolute Gasteiger partial charge is 0.0722 e. The predicted octanol–water partition coefficient (Wildman–Crippen LogP) is 3.16. The number of anilines is 1. The van der Waals surface area contributed by atoms with Gasteiger partial charge in [-0.05, 0) is 36.6 Å². The Kier molecular flexibility index (Phi) is 2.86. The first-order valence-corrected chi connectivity index (χ1v) is 5.44. The van der Waals surface area contributed by atoms with E-state index in [0.717, 1.165) is 23.0 Å². The molecule has 2 N–H and O–H groups in total. The van der Waals surface area contributed by atoms with Gasteiger partial charge in [-0.15, -0.1) is 0 Å². The summed E-state index contributed by atoms with van der Waals surface area (Å²) in [5.41, 5.74) is 8.99. The first-order chi connectivity index (χ1) is 7.31. The van der Waals surface area contributed by atoms with Crippen LogP contribution in [0.25, 0.3) is 10.9 Å². The molecule has 0 saturated heterocycles. The second-order valence-electron chi connectivity index (χ2n) is 3.86. The zero-order chi connectivity index (χ0) is 10.7. The molecule has 0 saturated carbocycles. The van der Waals surface area contributed by atoms with E-state index in [9.17, 15) is 0 Å². The maximum atomic E-state index is 5.91. The van der Waals surface area contributed by atoms with Crippen LogP contribution in [0, 0.1) is 0 Å². The molecular weight excluding hydrogens is 184 g/mol. The minimum Gasteiger partial charge on any atom is -0.398 e. The van der Waals surface area contributed by atoms with E-state index in [1.807, 2.05) is 24.4 Å². The van der Waals surface area contributed by atoms with Crippen molar-refractivity contribution in [3.8, 4) is 0 Å². The summed E-state index contributed by atoms with van der Waals surface area (Å²) in [6.07, 6.45) is 5.47. The molecule has 0 fully saturated rings. The van der Waals surface area contributed by atoms with Crippen molar-refractivity contribution in [3.05, 3.63) is 36.0 Å². The van der Waals surface area contributed by atoms with Gasteiger partial charge in [0.05, 0.1) is 5.52 Å². The minimum absolute atomic E-state index is 0.818. The molecule has 0 spiro atoms. The predicted molar refractivity (Wildman–Crippen MR) is 64.8 cm³/mol. The molecule has 2 aromatic rings. The van der Waals surface area contributed by atoms with Crippen LogP contribution < -0.4 is 5.73 Å². The van der Waals surface area contributed by atoms with Crippen LogP contribution in [0.1, 0.15) is 25.3 Å². The monoisotopic (exact) mass is 200 g/mol. The van der Waals surface area contributed by atoms with Gasteiger partial charge in [-0.25, -0.2) is 0 Å². The Morgan fingerprint density at radius 1 is 1.33 bits per heavy atom. The number of fused-ring (bicyclic) bond motifs is 1. The summed E-state index contributed by atoms with van der Waals surface area (Å²) in [6.45, 7) is 2.20. The number of rotatable bonds is 3. The van der Waals surface area contributed by atoms with E-state index in [1.165, 1.54) is 18.4 Å². The molecule has 0 aliphatic rings. The number of unbranched alkanes of at least 4 members (excludes halogenated alkanes) is 1. The number of hydrogen-bond acceptors (Lipinski definition) is 2. The van der Waals surface area contributed by atoms with Gasteiger partial charge in [-0.1, -0.05) is 19.4 Å². The van der Waals surface area contributed by atoms with Crippen molar-refractivity contribution in [3.63, 3.8) is 0 Å². The summed E-state index contributed by atoms with van der Waals surface area (Å²) in [5, 5.41) is 1.08. The van der Waals surface area contributed by atoms with Gasteiger partial charge in [0.1, 0.15) is 0 Å². The molecule has 0 radical (unpaired) electrons. The zero-order valence-electron chi connectivity index (χ0n) is 9.03. The number of nitrogens with two attached hydrogens (primary N) is 1. The van der Waals surface area contributed by atoms with Crippen LogP contribution in [0.2, 0.25) is 0 Å². The van der Waals surface area contributed by atoms with Crippen molar-refractivity contribution in [2.24, 2.45) is 0 Å². The molecule has 1 heterocycles. The number of aromatic nitrogens is 1. The Bertz CT molecular complexity index is 463. The standard InChI is InChI=1S/C13H16N2/c1-2-3-5-10-8-11-12(14)6-4-7-13(11)15-9-10/h4,6-9H,2-3,5,14H2,1H3. The van der Waals surface area contributed by atoms with Gasteiger partial charge >= 0.3 is 0 Å². The summed E-state index contributed by atoms with van der Waals surface area (Å²) < 4.78 is 0. The maximum Gasteiger partial charge on any atom is 0.0722 e. The highest BCUT2D eigenvalue weighted by Gasteiger charge is 2.00. The summed E-state index contributed by atoms with van der Waals surface area (Å²) in [4.78, 5) is 4.41. The Balaban J connectivity index is 2.41. The Morgan fingerprint density at radius 2 is 2.20 bits per heavy atom. The van der Waals surface area contributed by atoms with Gasteiger partial charge in [0.25, 0.3) is 0 Å². The van der Waals surface area contributed by atoms with Crippen LogP contribution in [0.15, 0.2) is 30.5 Å². The van der Waals surface area contributed by atoms with Crippen LogP contribution in [-0.2, 0) is 6.42 Å². The van der Waals surface area contributed by atoms with E-state index >= 15 is 0 Å². The molecule has 0 atom stereocenters. The molecule has 2 heteroatoms. The second-order valence-corrected chi connectivity index (χ2v) is 3.86. The van der Waals surface area contributed by atoms with E-state index in [-0.39, 0.29) is 0 Å². The quantitative estimate of drug-likeness (QED) is 0.773. The molecule has 2 rings (SSSR count). The van der Waals surface area contributed by atoms with Crippen LogP contribution >= 0.6 is 0 Å². The molecule has 0 amide bonds. The van der Waals surface area contributed by atoms with E-state index in [2.05, 4.69) is 18.0 Å². The van der Waals surface area contributed by atoms with Gasteiger partial charge in [-0.3, -0.25) is 4.98 Å². The van der Waals surface area contributed by atoms with Crippen molar-refractivity contribution in [1.29, 1.82) is 0 Å². The lowest BCUT2D eigenvalue weighted by Crippen LogP contribution is -1.91. The van der Waals surface area contributed by atoms with Gasteiger partial charge < -0.3 is 5.73 Å². The Labute approximate surface area is 90.1 Å². The fourth-order valence-electron chi connectivity index (χ4n) is 1.73. The number of aryl methyl sites for hydroxylation is 1. The zero-order valence-corrected chi connectivity index (χ0v) is 9.03. The van der Waals surface area contributed by atoms with Crippen molar-refractivity contribution in [1.82, 2.24) is 4.98 Å². The third kappa shape index (κ3) is 2.09. The topological polar surface area (TPSA) is 38.9 Å². The summed E-state index contributed by atoms with van der Waals surface area (Å²) in [5.74, 6) is 0. The van der Waals surface area contributed by atoms with Gasteiger partial charge in [0.15, 0.2) is 0 Å². The van der Waals surface area contributed by atoms with Gasteiger partial charge in [0.2, 0.25) is 0 Å². The average Bonchev–Trinajstić information content (AvgIpc) is 2.27. The van der Waals surface area contributed by atoms with E-state index in [0.29, 0.717) is 0 Å². The van der Waals surface area contributed by atoms with Crippen molar-refractivity contribution < 1.29 is 0 Å². The van der Waals surface area contributed by atoms with E-state index in [1.54, 1.807) is 0 Å². The summed E-state index contributed by atoms with van der Waals surface area (Å²) in [7, 11) is 0. The average molecular weight is 200 g/mol. The number of nitrogen functional groups attached to an aromatic ring is 1. The molecule has 1 aromatic heterocycles. The van der Waals surface area contributed by atoms with Crippen molar-refractivity contribution in [2.45, 2.75) is 26.2 Å². The molecule has 1 aromatic carbocycles. The fraction of sp³-hybridized carbons (Fsp3) is 0.308. The highest BCUT2D eigenvalue weighted by molar-refractivity contribution is 5.90. The number of pyridine rings is 1.